The summed E-state index contributed by atoms with van der Waals surface area (Å²) in [5.74, 6) is 0.536. The molecule has 4 nitrogen and oxygen atoms in total. The highest BCUT2D eigenvalue weighted by Gasteiger charge is 2.32. The summed E-state index contributed by atoms with van der Waals surface area (Å²) >= 11 is 0. The van der Waals surface area contributed by atoms with Gasteiger partial charge in [-0.3, -0.25) is 0 Å². The molecule has 2 fully saturated rings. The number of ether oxygens (including phenoxy) is 1. The molecule has 2 heterocycles. The van der Waals surface area contributed by atoms with Crippen LogP contribution in [0, 0.1) is 5.92 Å². The number of carbonyl (C=O) groups excluding carboxylic acids is 1. The van der Waals surface area contributed by atoms with Crippen molar-refractivity contribution in [3.63, 3.8) is 0 Å². The summed E-state index contributed by atoms with van der Waals surface area (Å²) in [5.41, 5.74) is 0. The summed E-state index contributed by atoms with van der Waals surface area (Å²) in [4.78, 5) is 13.4. The summed E-state index contributed by atoms with van der Waals surface area (Å²) in [6, 6.07) is 0.379. The number of carbonyl (C=O) groups is 1. The molecule has 2 saturated heterocycles. The molecule has 1 N–H and O–H groups in total. The van der Waals surface area contributed by atoms with E-state index >= 15 is 0 Å². The van der Waals surface area contributed by atoms with Gasteiger partial charge in [-0.05, 0) is 31.8 Å². The Bertz CT molecular complexity index is 220. The van der Waals surface area contributed by atoms with Gasteiger partial charge in [0.25, 0.3) is 0 Å². The predicted molar refractivity (Wildman–Crippen MR) is 53.1 cm³/mol. The summed E-state index contributed by atoms with van der Waals surface area (Å²) in [5, 5.41) is 3.34. The fourth-order valence-electron chi connectivity index (χ4n) is 2.33. The highest BCUT2D eigenvalue weighted by Crippen LogP contribution is 2.20. The Hall–Kier alpha value is -0.770. The van der Waals surface area contributed by atoms with Gasteiger partial charge in [0.1, 0.15) is 0 Å². The zero-order valence-electron chi connectivity index (χ0n) is 8.66. The lowest BCUT2D eigenvalue weighted by molar-refractivity contribution is 0.0364. The van der Waals surface area contributed by atoms with Crippen molar-refractivity contribution >= 4 is 6.09 Å². The summed E-state index contributed by atoms with van der Waals surface area (Å²) in [7, 11) is 0. The molecule has 0 spiro atoms. The second-order valence-electron chi connectivity index (χ2n) is 4.20. The third-order valence-corrected chi connectivity index (χ3v) is 3.14. The molecular weight excluding hydrogens is 180 g/mol. The maximum atomic E-state index is 11.5. The van der Waals surface area contributed by atoms with Gasteiger partial charge in [0.2, 0.25) is 0 Å². The zero-order chi connectivity index (χ0) is 9.97. The van der Waals surface area contributed by atoms with Gasteiger partial charge in [0, 0.05) is 12.6 Å². The Morgan fingerprint density at radius 2 is 2.43 bits per heavy atom. The van der Waals surface area contributed by atoms with Crippen LogP contribution in [0.15, 0.2) is 0 Å². The average molecular weight is 198 g/mol. The van der Waals surface area contributed by atoms with Crippen molar-refractivity contribution in [1.82, 2.24) is 10.2 Å². The van der Waals surface area contributed by atoms with Crippen LogP contribution in [0.3, 0.4) is 0 Å². The van der Waals surface area contributed by atoms with E-state index < -0.39 is 0 Å². The second-order valence-corrected chi connectivity index (χ2v) is 4.20. The fourth-order valence-corrected chi connectivity index (χ4v) is 2.33. The van der Waals surface area contributed by atoms with Crippen LogP contribution in [0.1, 0.15) is 19.8 Å². The van der Waals surface area contributed by atoms with E-state index in [0.717, 1.165) is 32.5 Å². The Morgan fingerprint density at radius 1 is 1.57 bits per heavy atom. The molecule has 0 radical (unpaired) electrons. The third kappa shape index (κ3) is 1.85. The van der Waals surface area contributed by atoms with E-state index in [0.29, 0.717) is 18.6 Å². The molecule has 14 heavy (non-hydrogen) atoms. The number of hydrogen-bond donors (Lipinski definition) is 1. The minimum atomic E-state index is -0.116. The first-order valence-corrected chi connectivity index (χ1v) is 5.43. The lowest BCUT2D eigenvalue weighted by Crippen LogP contribution is -2.53. The number of amides is 1. The van der Waals surface area contributed by atoms with Crippen molar-refractivity contribution in [3.8, 4) is 0 Å². The summed E-state index contributed by atoms with van der Waals surface area (Å²) in [6.07, 6.45) is 1.91. The van der Waals surface area contributed by atoms with Gasteiger partial charge >= 0.3 is 6.09 Å². The van der Waals surface area contributed by atoms with E-state index in [9.17, 15) is 4.79 Å². The van der Waals surface area contributed by atoms with Crippen molar-refractivity contribution < 1.29 is 9.53 Å². The van der Waals surface area contributed by atoms with Gasteiger partial charge in [-0.1, -0.05) is 6.92 Å². The molecular formula is C10H18N2O2. The van der Waals surface area contributed by atoms with Gasteiger partial charge in [-0.2, -0.15) is 0 Å². The molecule has 80 valence electrons. The molecule has 0 bridgehead atoms. The largest absolute Gasteiger partial charge is 0.449 e. The molecule has 0 aromatic carbocycles. The van der Waals surface area contributed by atoms with Crippen LogP contribution < -0.4 is 5.32 Å². The number of nitrogens with zero attached hydrogens (tertiary/aromatic N) is 1. The summed E-state index contributed by atoms with van der Waals surface area (Å²) < 4.78 is 5.06. The van der Waals surface area contributed by atoms with Crippen molar-refractivity contribution in [3.05, 3.63) is 0 Å². The SMILES string of the molecule is CC1CNCCC1N1CCCOC1=O. The van der Waals surface area contributed by atoms with Crippen molar-refractivity contribution in [2.75, 3.05) is 26.2 Å². The van der Waals surface area contributed by atoms with Crippen LogP contribution in [0.2, 0.25) is 0 Å². The van der Waals surface area contributed by atoms with Crippen LogP contribution in [0.5, 0.6) is 0 Å². The van der Waals surface area contributed by atoms with E-state index in [1.165, 1.54) is 0 Å². The van der Waals surface area contributed by atoms with Crippen LogP contribution in [-0.4, -0.2) is 43.3 Å². The first kappa shape index (κ1) is 9.77. The van der Waals surface area contributed by atoms with E-state index in [-0.39, 0.29) is 6.09 Å². The van der Waals surface area contributed by atoms with Crippen LogP contribution in [-0.2, 0) is 4.74 Å². The molecule has 0 aliphatic carbocycles. The van der Waals surface area contributed by atoms with Crippen LogP contribution >= 0.6 is 0 Å². The summed E-state index contributed by atoms with van der Waals surface area (Å²) in [6.45, 7) is 5.68. The first-order chi connectivity index (χ1) is 6.79. The first-order valence-electron chi connectivity index (χ1n) is 5.43. The molecule has 1 amide bonds. The molecule has 0 aromatic heterocycles. The molecule has 0 saturated carbocycles. The third-order valence-electron chi connectivity index (χ3n) is 3.14. The lowest BCUT2D eigenvalue weighted by atomic mass is 9.93. The smallest absolute Gasteiger partial charge is 0.410 e. The molecule has 0 aromatic rings. The van der Waals surface area contributed by atoms with Gasteiger partial charge in [-0.25, -0.2) is 4.79 Å². The van der Waals surface area contributed by atoms with E-state index in [4.69, 9.17) is 4.74 Å². The Kier molecular flexibility index (Phi) is 2.91. The molecule has 4 heteroatoms. The fraction of sp³-hybridized carbons (Fsp3) is 0.900. The Balaban J connectivity index is 2.00. The minimum absolute atomic E-state index is 0.116. The molecule has 2 aliphatic rings. The maximum absolute atomic E-state index is 11.5. The number of hydrogen-bond acceptors (Lipinski definition) is 3. The van der Waals surface area contributed by atoms with Crippen molar-refractivity contribution in [2.45, 2.75) is 25.8 Å². The predicted octanol–water partition coefficient (Wildman–Crippen LogP) is 0.827. The number of nitrogens with one attached hydrogen (secondary N) is 1. The highest BCUT2D eigenvalue weighted by molar-refractivity contribution is 5.68. The Morgan fingerprint density at radius 3 is 3.14 bits per heavy atom. The number of cyclic esters (lactones) is 1. The van der Waals surface area contributed by atoms with Crippen LogP contribution in [0.25, 0.3) is 0 Å². The topological polar surface area (TPSA) is 41.6 Å². The lowest BCUT2D eigenvalue weighted by Gasteiger charge is -2.39. The van der Waals surface area contributed by atoms with Gasteiger partial charge in [0.15, 0.2) is 0 Å². The normalized spacial score (nSPS) is 34.1. The highest BCUT2D eigenvalue weighted by atomic mass is 16.6. The van der Waals surface area contributed by atoms with Gasteiger partial charge in [0.05, 0.1) is 6.61 Å². The average Bonchev–Trinajstić information content (AvgIpc) is 2.20. The quantitative estimate of drug-likeness (QED) is 0.678. The standard InChI is InChI=1S/C10H18N2O2/c1-8-7-11-4-3-9(8)12-5-2-6-14-10(12)13/h8-9,11H,2-7H2,1H3. The van der Waals surface area contributed by atoms with Crippen molar-refractivity contribution in [2.24, 2.45) is 5.92 Å². The maximum Gasteiger partial charge on any atom is 0.410 e. The van der Waals surface area contributed by atoms with Crippen molar-refractivity contribution in [1.29, 1.82) is 0 Å². The van der Waals surface area contributed by atoms with Crippen LogP contribution in [0.4, 0.5) is 4.79 Å². The minimum Gasteiger partial charge on any atom is -0.449 e. The Labute approximate surface area is 84.6 Å². The molecule has 2 unspecified atom stereocenters. The second kappa shape index (κ2) is 4.17. The molecule has 2 aliphatic heterocycles. The number of rotatable bonds is 1. The van der Waals surface area contributed by atoms with Gasteiger partial charge in [-0.15, -0.1) is 0 Å². The molecule has 2 atom stereocenters. The zero-order valence-corrected chi connectivity index (χ0v) is 8.66. The van der Waals surface area contributed by atoms with Gasteiger partial charge < -0.3 is 15.0 Å². The van der Waals surface area contributed by atoms with E-state index in [1.54, 1.807) is 0 Å². The monoisotopic (exact) mass is 198 g/mol. The van der Waals surface area contributed by atoms with E-state index in [2.05, 4.69) is 12.2 Å². The molecule has 2 rings (SSSR count). The van der Waals surface area contributed by atoms with E-state index in [1.807, 2.05) is 4.90 Å². The number of piperidine rings is 1.